The summed E-state index contributed by atoms with van der Waals surface area (Å²) >= 11 is 0. The van der Waals surface area contributed by atoms with Crippen molar-refractivity contribution in [2.45, 2.75) is 39.4 Å². The van der Waals surface area contributed by atoms with Crippen LogP contribution in [-0.4, -0.2) is 63.5 Å². The molecule has 0 saturated carbocycles. The third kappa shape index (κ3) is 3.48. The highest BCUT2D eigenvalue weighted by Gasteiger charge is 2.28. The van der Waals surface area contributed by atoms with Crippen molar-refractivity contribution in [2.75, 3.05) is 24.5 Å². The van der Waals surface area contributed by atoms with Gasteiger partial charge in [0.2, 0.25) is 5.91 Å². The molecule has 0 radical (unpaired) electrons. The van der Waals surface area contributed by atoms with E-state index in [-0.39, 0.29) is 24.0 Å². The van der Waals surface area contributed by atoms with E-state index in [9.17, 15) is 9.59 Å². The number of nitrogens with two attached hydrogens (primary N) is 1. The number of carbonyl (C=O) groups excluding carboxylic acids is 2. The predicted octanol–water partition coefficient (Wildman–Crippen LogP) is 0.440. The minimum absolute atomic E-state index is 0.0289. The summed E-state index contributed by atoms with van der Waals surface area (Å²) in [6, 6.07) is 0.0289. The monoisotopic (exact) mass is 359 g/mol. The summed E-state index contributed by atoms with van der Waals surface area (Å²) < 4.78 is 0. The summed E-state index contributed by atoms with van der Waals surface area (Å²) in [5, 5.41) is 2.86. The largest absolute Gasteiger partial charge is 0.350 e. The van der Waals surface area contributed by atoms with E-state index in [1.807, 2.05) is 25.7 Å². The van der Waals surface area contributed by atoms with Gasteiger partial charge in [-0.2, -0.15) is 0 Å². The lowest BCUT2D eigenvalue weighted by atomic mass is 10.2. The number of carbonyl (C=O) groups is 2. The molecular formula is C17H25N7O2. The number of hydrogen-bond acceptors (Lipinski definition) is 6. The van der Waals surface area contributed by atoms with Crippen molar-refractivity contribution in [1.82, 2.24) is 25.2 Å². The number of hydrogen-bond donors (Lipinski definition) is 3. The molecule has 2 aromatic rings. The van der Waals surface area contributed by atoms with Crippen LogP contribution in [0.1, 0.15) is 37.6 Å². The van der Waals surface area contributed by atoms with Crippen LogP contribution in [0.2, 0.25) is 0 Å². The highest BCUT2D eigenvalue weighted by Crippen LogP contribution is 2.21. The Labute approximate surface area is 152 Å². The summed E-state index contributed by atoms with van der Waals surface area (Å²) in [5.74, 6) is 0.507. The van der Waals surface area contributed by atoms with Crippen molar-refractivity contribution >= 4 is 28.8 Å². The van der Waals surface area contributed by atoms with Crippen LogP contribution in [0.15, 0.2) is 12.4 Å². The highest BCUT2D eigenvalue weighted by atomic mass is 16.2. The van der Waals surface area contributed by atoms with E-state index in [0.717, 1.165) is 0 Å². The third-order valence-corrected chi connectivity index (χ3v) is 4.40. The Kier molecular flexibility index (Phi) is 5.08. The molecule has 1 fully saturated rings. The smallest absolute Gasteiger partial charge is 0.255 e. The van der Waals surface area contributed by atoms with Gasteiger partial charge in [-0.05, 0) is 13.8 Å². The minimum Gasteiger partial charge on any atom is -0.350 e. The maximum atomic E-state index is 12.4. The number of piperazine rings is 1. The minimum atomic E-state index is -0.363. The lowest BCUT2D eigenvalue weighted by molar-refractivity contribution is -0.131. The molecule has 9 heteroatoms. The first-order valence-corrected chi connectivity index (χ1v) is 8.85. The molecule has 1 atom stereocenters. The Morgan fingerprint density at radius 1 is 1.42 bits per heavy atom. The molecular weight excluding hydrogens is 334 g/mol. The van der Waals surface area contributed by atoms with Crippen LogP contribution < -0.4 is 16.0 Å². The van der Waals surface area contributed by atoms with Gasteiger partial charge in [0.15, 0.2) is 5.65 Å². The topological polar surface area (TPSA) is 120 Å². The van der Waals surface area contributed by atoms with E-state index in [1.54, 1.807) is 17.3 Å². The molecule has 0 spiro atoms. The molecule has 2 aromatic heterocycles. The van der Waals surface area contributed by atoms with Crippen LogP contribution in [0.5, 0.6) is 0 Å². The lowest BCUT2D eigenvalue weighted by Crippen LogP contribution is -2.58. The molecule has 0 bridgehead atoms. The fourth-order valence-electron chi connectivity index (χ4n) is 3.08. The molecule has 0 aromatic carbocycles. The fraction of sp³-hybridized carbons (Fsp3) is 0.529. The number of rotatable bonds is 4. The van der Waals surface area contributed by atoms with Gasteiger partial charge in [0, 0.05) is 31.7 Å². The van der Waals surface area contributed by atoms with Crippen molar-refractivity contribution in [2.24, 2.45) is 5.73 Å². The number of anilines is 1. The molecule has 1 saturated heterocycles. The van der Waals surface area contributed by atoms with E-state index >= 15 is 0 Å². The molecule has 3 rings (SSSR count). The molecule has 26 heavy (non-hydrogen) atoms. The second-order valence-electron chi connectivity index (χ2n) is 6.71. The Bertz CT molecular complexity index is 817. The normalized spacial score (nSPS) is 17.8. The van der Waals surface area contributed by atoms with Gasteiger partial charge >= 0.3 is 0 Å². The van der Waals surface area contributed by atoms with Gasteiger partial charge < -0.3 is 25.8 Å². The van der Waals surface area contributed by atoms with Crippen LogP contribution in [0, 0.1) is 0 Å². The van der Waals surface area contributed by atoms with Gasteiger partial charge in [0.25, 0.3) is 5.91 Å². The second kappa shape index (κ2) is 7.28. The van der Waals surface area contributed by atoms with Crippen LogP contribution >= 0.6 is 0 Å². The van der Waals surface area contributed by atoms with E-state index in [0.29, 0.717) is 48.6 Å². The van der Waals surface area contributed by atoms with Crippen molar-refractivity contribution in [3.63, 3.8) is 0 Å². The van der Waals surface area contributed by atoms with Crippen molar-refractivity contribution in [1.29, 1.82) is 0 Å². The Morgan fingerprint density at radius 3 is 2.85 bits per heavy atom. The SMILES string of the molecule is CCC(=O)N1CCN(c2cnc3[nH]cc(C(=O)NC(C)C)c3n2)[C@@H](N)C1. The van der Waals surface area contributed by atoms with Crippen LogP contribution in [0.3, 0.4) is 0 Å². The molecule has 2 amide bonds. The average Bonchev–Trinajstić information content (AvgIpc) is 3.03. The highest BCUT2D eigenvalue weighted by molar-refractivity contribution is 6.04. The number of aromatic amines is 1. The first-order chi connectivity index (χ1) is 12.4. The number of nitrogens with one attached hydrogen (secondary N) is 2. The van der Waals surface area contributed by atoms with Gasteiger partial charge in [-0.1, -0.05) is 6.92 Å². The molecule has 0 unspecified atom stereocenters. The maximum absolute atomic E-state index is 12.4. The zero-order valence-corrected chi connectivity index (χ0v) is 15.3. The molecule has 1 aliphatic rings. The summed E-state index contributed by atoms with van der Waals surface area (Å²) in [7, 11) is 0. The van der Waals surface area contributed by atoms with Gasteiger partial charge in [0.05, 0.1) is 24.5 Å². The van der Waals surface area contributed by atoms with Crippen LogP contribution in [-0.2, 0) is 4.79 Å². The Hall–Kier alpha value is -2.68. The maximum Gasteiger partial charge on any atom is 0.255 e. The number of amides is 2. The number of H-pyrrole nitrogens is 1. The van der Waals surface area contributed by atoms with E-state index in [1.165, 1.54) is 0 Å². The summed E-state index contributed by atoms with van der Waals surface area (Å²) in [4.78, 5) is 39.9. The predicted molar refractivity (Wildman–Crippen MR) is 98.7 cm³/mol. The molecule has 3 heterocycles. The summed E-state index contributed by atoms with van der Waals surface area (Å²) in [6.45, 7) is 7.26. The van der Waals surface area contributed by atoms with E-state index in [4.69, 9.17) is 5.73 Å². The third-order valence-electron chi connectivity index (χ3n) is 4.40. The number of fused-ring (bicyclic) bond motifs is 1. The van der Waals surface area contributed by atoms with Gasteiger partial charge in [-0.25, -0.2) is 9.97 Å². The number of nitrogens with zero attached hydrogens (tertiary/aromatic N) is 4. The standard InChI is InChI=1S/C17H25N7O2/c1-4-14(25)23-5-6-24(12(18)9-23)13-8-20-16-15(22-13)11(7-19-16)17(26)21-10(2)3/h7-8,10,12H,4-6,9,18H2,1-3H3,(H,19,20)(H,21,26)/t12-/m1/s1. The first kappa shape index (κ1) is 18.1. The van der Waals surface area contributed by atoms with Gasteiger partial charge in [-0.15, -0.1) is 0 Å². The van der Waals surface area contributed by atoms with E-state index < -0.39 is 0 Å². The van der Waals surface area contributed by atoms with Crippen molar-refractivity contribution in [3.05, 3.63) is 18.0 Å². The molecule has 4 N–H and O–H groups in total. The van der Waals surface area contributed by atoms with Gasteiger partial charge in [-0.3, -0.25) is 9.59 Å². The van der Waals surface area contributed by atoms with Gasteiger partial charge in [0.1, 0.15) is 11.3 Å². The first-order valence-electron chi connectivity index (χ1n) is 8.85. The fourth-order valence-corrected chi connectivity index (χ4v) is 3.08. The zero-order valence-electron chi connectivity index (χ0n) is 15.3. The Balaban J connectivity index is 1.85. The summed E-state index contributed by atoms with van der Waals surface area (Å²) in [5.41, 5.74) is 7.77. The zero-order chi connectivity index (χ0) is 18.8. The second-order valence-corrected chi connectivity index (χ2v) is 6.71. The van der Waals surface area contributed by atoms with E-state index in [2.05, 4.69) is 20.3 Å². The number of aromatic nitrogens is 3. The molecule has 1 aliphatic heterocycles. The lowest BCUT2D eigenvalue weighted by Gasteiger charge is -2.40. The summed E-state index contributed by atoms with van der Waals surface area (Å²) in [6.07, 6.45) is 3.36. The van der Waals surface area contributed by atoms with Crippen molar-refractivity contribution in [3.8, 4) is 0 Å². The van der Waals surface area contributed by atoms with Crippen molar-refractivity contribution < 1.29 is 9.59 Å². The van der Waals surface area contributed by atoms with Crippen LogP contribution in [0.4, 0.5) is 5.82 Å². The molecule has 140 valence electrons. The Morgan fingerprint density at radius 2 is 2.19 bits per heavy atom. The average molecular weight is 359 g/mol. The van der Waals surface area contributed by atoms with Crippen LogP contribution in [0.25, 0.3) is 11.2 Å². The molecule has 9 nitrogen and oxygen atoms in total. The quantitative estimate of drug-likeness (QED) is 0.728. The molecule has 0 aliphatic carbocycles.